The fraction of sp³-hybridized carbons (Fsp3) is 0.182. The number of esters is 1. The Balaban J connectivity index is 1.96. The van der Waals surface area contributed by atoms with Crippen molar-refractivity contribution in [3.8, 4) is 0 Å². The number of ketones is 1. The molecule has 1 N–H and O–H groups in total. The largest absolute Gasteiger partial charge is 0.462 e. The first-order chi connectivity index (χ1) is 13.0. The molecule has 0 aromatic heterocycles. The van der Waals surface area contributed by atoms with E-state index in [9.17, 15) is 9.59 Å². The first-order valence-corrected chi connectivity index (χ1v) is 8.74. The van der Waals surface area contributed by atoms with E-state index in [1.807, 2.05) is 62.4 Å². The fourth-order valence-corrected chi connectivity index (χ4v) is 2.79. The van der Waals surface area contributed by atoms with Gasteiger partial charge in [-0.2, -0.15) is 0 Å². The summed E-state index contributed by atoms with van der Waals surface area (Å²) in [6.45, 7) is 5.82. The standard InChI is InChI=1S/C22H21NO4/c1-4-26-22(25)19-20(24)18(13-16-11-10-14(2)12-15(16)3)27-21(19)23-17-8-6-5-7-9-17/h5-13,23H,4H2,1-3H3/b18-13-. The molecule has 5 heteroatoms. The Kier molecular flexibility index (Phi) is 5.41. The van der Waals surface area contributed by atoms with Gasteiger partial charge in [-0.15, -0.1) is 0 Å². The topological polar surface area (TPSA) is 64.6 Å². The number of hydrogen-bond acceptors (Lipinski definition) is 5. The molecule has 0 saturated carbocycles. The second kappa shape index (κ2) is 7.91. The van der Waals surface area contributed by atoms with Crippen LogP contribution in [0.4, 0.5) is 5.69 Å². The van der Waals surface area contributed by atoms with Crippen molar-refractivity contribution >= 4 is 23.5 Å². The maximum atomic E-state index is 12.8. The summed E-state index contributed by atoms with van der Waals surface area (Å²) in [6.07, 6.45) is 1.65. The van der Waals surface area contributed by atoms with E-state index >= 15 is 0 Å². The Morgan fingerprint density at radius 3 is 2.56 bits per heavy atom. The Morgan fingerprint density at radius 1 is 1.15 bits per heavy atom. The molecular weight excluding hydrogens is 342 g/mol. The zero-order chi connectivity index (χ0) is 19.4. The minimum Gasteiger partial charge on any atom is -0.462 e. The number of ether oxygens (including phenoxy) is 2. The Hall–Kier alpha value is -3.34. The van der Waals surface area contributed by atoms with Gasteiger partial charge in [-0.25, -0.2) is 4.79 Å². The van der Waals surface area contributed by atoms with Crippen molar-refractivity contribution < 1.29 is 19.1 Å². The van der Waals surface area contributed by atoms with Crippen LogP contribution < -0.4 is 5.32 Å². The minimum absolute atomic E-state index is 0.0839. The van der Waals surface area contributed by atoms with E-state index in [2.05, 4.69) is 5.32 Å². The highest BCUT2D eigenvalue weighted by molar-refractivity contribution is 6.26. The Morgan fingerprint density at radius 2 is 1.89 bits per heavy atom. The number of anilines is 1. The summed E-state index contributed by atoms with van der Waals surface area (Å²) in [7, 11) is 0. The van der Waals surface area contributed by atoms with Crippen LogP contribution in [0.5, 0.6) is 0 Å². The van der Waals surface area contributed by atoms with Crippen molar-refractivity contribution in [2.24, 2.45) is 0 Å². The molecule has 138 valence electrons. The van der Waals surface area contributed by atoms with Gasteiger partial charge < -0.3 is 14.8 Å². The summed E-state index contributed by atoms with van der Waals surface area (Å²) in [5, 5.41) is 3.00. The molecule has 1 aliphatic heterocycles. The number of hydrogen-bond donors (Lipinski definition) is 1. The molecule has 0 saturated heterocycles. The summed E-state index contributed by atoms with van der Waals surface area (Å²) in [6, 6.07) is 15.1. The lowest BCUT2D eigenvalue weighted by atomic mass is 10.0. The van der Waals surface area contributed by atoms with E-state index in [1.165, 1.54) is 0 Å². The summed E-state index contributed by atoms with van der Waals surface area (Å²) in [5.41, 5.74) is 3.57. The van der Waals surface area contributed by atoms with E-state index in [4.69, 9.17) is 9.47 Å². The van der Waals surface area contributed by atoms with Crippen LogP contribution >= 0.6 is 0 Å². The molecule has 3 rings (SSSR count). The molecule has 0 amide bonds. The molecule has 27 heavy (non-hydrogen) atoms. The molecule has 0 fully saturated rings. The molecule has 0 radical (unpaired) electrons. The van der Waals surface area contributed by atoms with Crippen LogP contribution in [0.15, 0.2) is 65.7 Å². The third-order valence-corrected chi connectivity index (χ3v) is 4.11. The number of carbonyl (C=O) groups excluding carboxylic acids is 2. The van der Waals surface area contributed by atoms with Gasteiger partial charge in [-0.1, -0.05) is 42.0 Å². The van der Waals surface area contributed by atoms with Crippen molar-refractivity contribution in [3.05, 3.63) is 82.4 Å². The monoisotopic (exact) mass is 363 g/mol. The van der Waals surface area contributed by atoms with Crippen molar-refractivity contribution in [3.63, 3.8) is 0 Å². The zero-order valence-corrected chi connectivity index (χ0v) is 15.5. The van der Waals surface area contributed by atoms with Gasteiger partial charge in [-0.05, 0) is 50.1 Å². The molecule has 1 heterocycles. The highest BCUT2D eigenvalue weighted by Gasteiger charge is 2.37. The predicted molar refractivity (Wildman–Crippen MR) is 104 cm³/mol. The summed E-state index contributed by atoms with van der Waals surface area (Å²) in [5.74, 6) is -1.03. The van der Waals surface area contributed by atoms with E-state index in [0.717, 1.165) is 16.7 Å². The first-order valence-electron chi connectivity index (χ1n) is 8.74. The lowest BCUT2D eigenvalue weighted by Gasteiger charge is -2.08. The van der Waals surface area contributed by atoms with Crippen molar-refractivity contribution in [1.29, 1.82) is 0 Å². The molecule has 0 atom stereocenters. The number of aryl methyl sites for hydroxylation is 2. The minimum atomic E-state index is -0.704. The number of rotatable bonds is 5. The molecule has 0 aliphatic carbocycles. The van der Waals surface area contributed by atoms with Gasteiger partial charge >= 0.3 is 5.97 Å². The molecule has 1 aliphatic rings. The molecule has 2 aromatic rings. The lowest BCUT2D eigenvalue weighted by Crippen LogP contribution is -2.16. The third kappa shape index (κ3) is 4.08. The van der Waals surface area contributed by atoms with Gasteiger partial charge in [0.25, 0.3) is 0 Å². The predicted octanol–water partition coefficient (Wildman–Crippen LogP) is 4.13. The second-order valence-corrected chi connectivity index (χ2v) is 6.22. The number of Topliss-reactive ketones (excluding diaryl/α,β-unsaturated/α-hetero) is 1. The number of para-hydroxylation sites is 1. The fourth-order valence-electron chi connectivity index (χ4n) is 2.79. The molecule has 0 bridgehead atoms. The zero-order valence-electron chi connectivity index (χ0n) is 15.5. The SMILES string of the molecule is CCOC(=O)C1=C(Nc2ccccc2)O/C(=C\c2ccc(C)cc2C)C1=O. The van der Waals surface area contributed by atoms with Crippen LogP contribution in [0.3, 0.4) is 0 Å². The van der Waals surface area contributed by atoms with Gasteiger partial charge in [0, 0.05) is 5.69 Å². The number of benzene rings is 2. The van der Waals surface area contributed by atoms with Crippen molar-refractivity contribution in [2.45, 2.75) is 20.8 Å². The molecular formula is C22H21NO4. The summed E-state index contributed by atoms with van der Waals surface area (Å²) < 4.78 is 10.8. The average molecular weight is 363 g/mol. The van der Waals surface area contributed by atoms with Gasteiger partial charge in [0.05, 0.1) is 6.61 Å². The third-order valence-electron chi connectivity index (χ3n) is 4.11. The lowest BCUT2D eigenvalue weighted by molar-refractivity contribution is -0.139. The van der Waals surface area contributed by atoms with Crippen LogP contribution in [0, 0.1) is 13.8 Å². The first kappa shape index (κ1) is 18.5. The number of carbonyl (C=O) groups is 2. The van der Waals surface area contributed by atoms with Crippen LogP contribution in [-0.2, 0) is 19.1 Å². The van der Waals surface area contributed by atoms with Crippen LogP contribution in [0.2, 0.25) is 0 Å². The van der Waals surface area contributed by atoms with Crippen molar-refractivity contribution in [2.75, 3.05) is 11.9 Å². The van der Waals surface area contributed by atoms with Gasteiger partial charge in [0.1, 0.15) is 0 Å². The number of nitrogens with one attached hydrogen (secondary N) is 1. The van der Waals surface area contributed by atoms with Gasteiger partial charge in [0.2, 0.25) is 11.7 Å². The van der Waals surface area contributed by atoms with E-state index in [1.54, 1.807) is 13.0 Å². The van der Waals surface area contributed by atoms with E-state index < -0.39 is 11.8 Å². The van der Waals surface area contributed by atoms with Gasteiger partial charge in [0.15, 0.2) is 11.3 Å². The second-order valence-electron chi connectivity index (χ2n) is 6.22. The maximum Gasteiger partial charge on any atom is 0.347 e. The van der Waals surface area contributed by atoms with Crippen molar-refractivity contribution in [1.82, 2.24) is 0 Å². The quantitative estimate of drug-likeness (QED) is 0.492. The maximum absolute atomic E-state index is 12.8. The molecule has 0 spiro atoms. The highest BCUT2D eigenvalue weighted by atomic mass is 16.5. The Bertz CT molecular complexity index is 942. The van der Waals surface area contributed by atoms with Crippen LogP contribution in [0.1, 0.15) is 23.6 Å². The smallest absolute Gasteiger partial charge is 0.347 e. The van der Waals surface area contributed by atoms with Crippen LogP contribution in [-0.4, -0.2) is 18.4 Å². The number of allylic oxidation sites excluding steroid dienone is 1. The average Bonchev–Trinajstić information content (AvgIpc) is 2.93. The van der Waals surface area contributed by atoms with Gasteiger partial charge in [-0.3, -0.25) is 4.79 Å². The van der Waals surface area contributed by atoms with Crippen LogP contribution in [0.25, 0.3) is 6.08 Å². The normalized spacial score (nSPS) is 15.1. The molecule has 5 nitrogen and oxygen atoms in total. The summed E-state index contributed by atoms with van der Waals surface area (Å²) >= 11 is 0. The highest BCUT2D eigenvalue weighted by Crippen LogP contribution is 2.29. The molecule has 2 aromatic carbocycles. The van der Waals surface area contributed by atoms with E-state index in [0.29, 0.717) is 5.69 Å². The Labute approximate surface area is 158 Å². The summed E-state index contributed by atoms with van der Waals surface area (Å²) in [4.78, 5) is 25.1. The molecule has 0 unspecified atom stereocenters. The van der Waals surface area contributed by atoms with E-state index in [-0.39, 0.29) is 23.8 Å².